The van der Waals surface area contributed by atoms with Crippen molar-refractivity contribution >= 4 is 82.5 Å². The van der Waals surface area contributed by atoms with E-state index in [1.165, 1.54) is 71.6 Å². The van der Waals surface area contributed by atoms with Crippen LogP contribution in [0.3, 0.4) is 0 Å². The number of carboxylic acid groups (broad SMARTS) is 1. The maximum Gasteiger partial charge on any atom is 0.316 e. The predicted molar refractivity (Wildman–Crippen MR) is 204 cm³/mol. The van der Waals surface area contributed by atoms with Gasteiger partial charge in [0, 0.05) is 12.8 Å². The normalized spacial score (nSPS) is 12.2. The summed E-state index contributed by atoms with van der Waals surface area (Å²) in [7, 11) is 0. The van der Waals surface area contributed by atoms with E-state index in [0.717, 1.165) is 11.1 Å². The van der Waals surface area contributed by atoms with Crippen LogP contribution in [0.1, 0.15) is 43.7 Å². The van der Waals surface area contributed by atoms with Gasteiger partial charge in [0.15, 0.2) is 0 Å². The molecule has 0 saturated heterocycles. The molecule has 0 aromatic heterocycles. The van der Waals surface area contributed by atoms with E-state index in [9.17, 15) is 19.5 Å². The zero-order chi connectivity index (χ0) is 35.1. The Morgan fingerprint density at radius 2 is 0.863 bits per heavy atom. The van der Waals surface area contributed by atoms with E-state index in [1.807, 2.05) is 0 Å². The second-order valence-electron chi connectivity index (χ2n) is 14.1. The lowest BCUT2D eigenvalue weighted by atomic mass is 9.90. The smallest absolute Gasteiger partial charge is 0.316 e. The first-order chi connectivity index (χ1) is 24.8. The lowest BCUT2D eigenvalue weighted by Gasteiger charge is -2.24. The van der Waals surface area contributed by atoms with Gasteiger partial charge in [0.2, 0.25) is 0 Å². The molecule has 8 aromatic carbocycles. The van der Waals surface area contributed by atoms with Gasteiger partial charge in [0.25, 0.3) is 0 Å². The van der Waals surface area contributed by atoms with Gasteiger partial charge in [-0.15, -0.1) is 0 Å². The monoisotopic (exact) mass is 674 g/mol. The number of rotatable bonds is 13. The average molecular weight is 675 g/mol. The van der Waals surface area contributed by atoms with Crippen LogP contribution in [0, 0.1) is 5.41 Å². The van der Waals surface area contributed by atoms with Crippen LogP contribution in [0.2, 0.25) is 0 Å². The minimum atomic E-state index is -1.55. The van der Waals surface area contributed by atoms with E-state index >= 15 is 0 Å². The molecule has 0 bridgehead atoms. The lowest BCUT2D eigenvalue weighted by molar-refractivity contribution is -0.165. The van der Waals surface area contributed by atoms with E-state index in [2.05, 4.69) is 109 Å². The molecular formula is C45H38O6. The minimum absolute atomic E-state index is 0.153. The molecular weight excluding hydrogens is 636 g/mol. The van der Waals surface area contributed by atoms with Crippen molar-refractivity contribution in [3.63, 3.8) is 0 Å². The number of carboxylic acids is 1. The Bertz CT molecular complexity index is 2380. The minimum Gasteiger partial charge on any atom is -0.481 e. The summed E-state index contributed by atoms with van der Waals surface area (Å²) in [6.45, 7) is 0.678. The van der Waals surface area contributed by atoms with Crippen molar-refractivity contribution in [3.05, 3.63) is 120 Å². The second kappa shape index (κ2) is 13.2. The van der Waals surface area contributed by atoms with Gasteiger partial charge in [-0.05, 0) is 108 Å². The molecule has 6 heteroatoms. The van der Waals surface area contributed by atoms with Crippen LogP contribution >= 0.6 is 0 Å². The summed E-state index contributed by atoms with van der Waals surface area (Å²) in [6.07, 6.45) is 2.81. The summed E-state index contributed by atoms with van der Waals surface area (Å²) >= 11 is 0. The molecule has 0 radical (unpaired) electrons. The Morgan fingerprint density at radius 1 is 0.510 bits per heavy atom. The van der Waals surface area contributed by atoms with Gasteiger partial charge >= 0.3 is 17.9 Å². The second-order valence-corrected chi connectivity index (χ2v) is 14.1. The fraction of sp³-hybridized carbons (Fsp3) is 0.222. The van der Waals surface area contributed by atoms with Gasteiger partial charge in [-0.2, -0.15) is 0 Å². The highest BCUT2D eigenvalue weighted by atomic mass is 16.6. The molecule has 0 atom stereocenters. The molecule has 8 rings (SSSR count). The number of aliphatic carboxylic acids is 1. The summed E-state index contributed by atoms with van der Waals surface area (Å²) in [4.78, 5) is 37.7. The number of ether oxygens (including phenoxy) is 2. The number of hydrogen-bond acceptors (Lipinski definition) is 5. The fourth-order valence-electron chi connectivity index (χ4n) is 7.66. The highest BCUT2D eigenvalue weighted by Crippen LogP contribution is 2.38. The van der Waals surface area contributed by atoms with Gasteiger partial charge in [-0.1, -0.05) is 109 Å². The standard InChI is InChI=1S/C45H38O6/c1-45(44(48)49,26-50-38(46)12-4-6-28-14-16-34-20-18-30-8-2-10-32-22-24-36(28)42(34)40(30)32)27-51-39(47)13-5-7-29-15-17-35-21-19-31-9-3-11-33-23-25-37(29)43(35)41(31)33/h2-3,8-11,14-25H,4-7,12-13,26-27H2,1H3,(H,48,49). The number of carbonyl (C=O) groups excluding carboxylic acids is 2. The Balaban J connectivity index is 0.835. The van der Waals surface area contributed by atoms with Gasteiger partial charge < -0.3 is 14.6 Å². The van der Waals surface area contributed by atoms with Gasteiger partial charge in [-0.3, -0.25) is 14.4 Å². The van der Waals surface area contributed by atoms with E-state index in [1.54, 1.807) is 0 Å². The van der Waals surface area contributed by atoms with Crippen molar-refractivity contribution in [2.24, 2.45) is 5.41 Å². The third kappa shape index (κ3) is 6.05. The van der Waals surface area contributed by atoms with Crippen molar-refractivity contribution in [2.45, 2.75) is 45.4 Å². The molecule has 0 unspecified atom stereocenters. The summed E-state index contributed by atoms with van der Waals surface area (Å²) in [5, 5.41) is 24.5. The third-order valence-corrected chi connectivity index (χ3v) is 10.5. The molecule has 0 aliphatic carbocycles. The fourth-order valence-corrected chi connectivity index (χ4v) is 7.66. The molecule has 254 valence electrons. The van der Waals surface area contributed by atoms with Gasteiger partial charge in [0.05, 0.1) is 0 Å². The predicted octanol–water partition coefficient (Wildman–Crippen LogP) is 10.0. The van der Waals surface area contributed by atoms with E-state index in [-0.39, 0.29) is 26.1 Å². The first-order valence-corrected chi connectivity index (χ1v) is 17.6. The molecule has 0 aliphatic heterocycles. The molecule has 0 aliphatic rings. The topological polar surface area (TPSA) is 89.9 Å². The molecule has 0 saturated carbocycles. The summed E-state index contributed by atoms with van der Waals surface area (Å²) in [6, 6.07) is 38.4. The number of carbonyl (C=O) groups is 3. The van der Waals surface area contributed by atoms with Crippen LogP contribution < -0.4 is 0 Å². The Labute approximate surface area is 295 Å². The quantitative estimate of drug-likeness (QED) is 0.0967. The third-order valence-electron chi connectivity index (χ3n) is 10.5. The molecule has 51 heavy (non-hydrogen) atoms. The maximum absolute atomic E-state index is 12.7. The van der Waals surface area contributed by atoms with Crippen molar-refractivity contribution in [2.75, 3.05) is 13.2 Å². The van der Waals surface area contributed by atoms with Crippen LogP contribution in [0.15, 0.2) is 109 Å². The zero-order valence-corrected chi connectivity index (χ0v) is 28.5. The van der Waals surface area contributed by atoms with Crippen molar-refractivity contribution in [1.29, 1.82) is 0 Å². The van der Waals surface area contributed by atoms with Crippen molar-refractivity contribution in [1.82, 2.24) is 0 Å². The summed E-state index contributed by atoms with van der Waals surface area (Å²) < 4.78 is 10.9. The van der Waals surface area contributed by atoms with Crippen LogP contribution in [0.5, 0.6) is 0 Å². The van der Waals surface area contributed by atoms with Crippen LogP contribution in [-0.2, 0) is 36.7 Å². The van der Waals surface area contributed by atoms with Crippen LogP contribution in [0.25, 0.3) is 64.6 Å². The summed E-state index contributed by atoms with van der Waals surface area (Å²) in [5.74, 6) is -2.13. The largest absolute Gasteiger partial charge is 0.481 e. The van der Waals surface area contributed by atoms with E-state index < -0.39 is 23.3 Å². The number of benzene rings is 8. The highest BCUT2D eigenvalue weighted by Gasteiger charge is 2.37. The first kappa shape index (κ1) is 32.5. The molecule has 0 fully saturated rings. The summed E-state index contributed by atoms with van der Waals surface area (Å²) in [5.41, 5.74) is 0.772. The molecule has 8 aromatic rings. The van der Waals surface area contributed by atoms with E-state index in [0.29, 0.717) is 25.7 Å². The molecule has 0 heterocycles. The number of hydrogen-bond donors (Lipinski definition) is 1. The van der Waals surface area contributed by atoms with Crippen LogP contribution in [0.4, 0.5) is 0 Å². The van der Waals surface area contributed by atoms with E-state index in [4.69, 9.17) is 9.47 Å². The Morgan fingerprint density at radius 3 is 1.25 bits per heavy atom. The number of aryl methyl sites for hydroxylation is 2. The van der Waals surface area contributed by atoms with Crippen molar-refractivity contribution < 1.29 is 29.0 Å². The SMILES string of the molecule is CC(COC(=O)CCCc1ccc2ccc3cccc4ccc1c2c34)(COC(=O)CCCc1ccc2ccc3cccc4ccc1c2c34)C(=O)O. The first-order valence-electron chi connectivity index (χ1n) is 17.6. The maximum atomic E-state index is 12.7. The number of esters is 2. The zero-order valence-electron chi connectivity index (χ0n) is 28.5. The molecule has 1 N–H and O–H groups in total. The van der Waals surface area contributed by atoms with Gasteiger partial charge in [-0.25, -0.2) is 0 Å². The van der Waals surface area contributed by atoms with Crippen LogP contribution in [-0.4, -0.2) is 36.2 Å². The van der Waals surface area contributed by atoms with Crippen molar-refractivity contribution in [3.8, 4) is 0 Å². The highest BCUT2D eigenvalue weighted by molar-refractivity contribution is 6.24. The van der Waals surface area contributed by atoms with Gasteiger partial charge in [0.1, 0.15) is 18.6 Å². The average Bonchev–Trinajstić information content (AvgIpc) is 3.15. The molecule has 0 spiro atoms. The lowest BCUT2D eigenvalue weighted by Crippen LogP contribution is -2.39. The Kier molecular flexibility index (Phi) is 8.39. The molecule has 0 amide bonds. The Hall–Kier alpha value is -5.75. The molecule has 6 nitrogen and oxygen atoms in total.